The molecule has 17 heavy (non-hydrogen) atoms. The van der Waals surface area contributed by atoms with Crippen molar-refractivity contribution < 1.29 is 4.79 Å². The van der Waals surface area contributed by atoms with Gasteiger partial charge in [0.1, 0.15) is 0 Å². The quantitative estimate of drug-likeness (QED) is 0.596. The van der Waals surface area contributed by atoms with Crippen LogP contribution in [0, 0.1) is 5.92 Å². The monoisotopic (exact) mass is 243 g/mol. The largest absolute Gasteiger partial charge is 0.355 e. The zero-order valence-corrected chi connectivity index (χ0v) is 12.0. The second kappa shape index (κ2) is 9.42. The van der Waals surface area contributed by atoms with Crippen LogP contribution in [0.5, 0.6) is 0 Å². The molecule has 0 aliphatic heterocycles. The summed E-state index contributed by atoms with van der Waals surface area (Å²) >= 11 is 0. The van der Waals surface area contributed by atoms with Crippen LogP contribution in [0.4, 0.5) is 0 Å². The molecule has 0 bridgehead atoms. The van der Waals surface area contributed by atoms with E-state index in [-0.39, 0.29) is 5.91 Å². The molecule has 0 fully saturated rings. The number of unbranched alkanes of at least 4 members (excludes halogenated alkanes) is 1. The molecule has 0 aromatic heterocycles. The highest BCUT2D eigenvalue weighted by molar-refractivity contribution is 5.77. The van der Waals surface area contributed by atoms with Gasteiger partial charge in [-0.25, -0.2) is 0 Å². The minimum atomic E-state index is 0.0999. The Morgan fingerprint density at radius 2 is 1.94 bits per heavy atom. The lowest BCUT2D eigenvalue weighted by molar-refractivity contribution is -0.120. The van der Waals surface area contributed by atoms with Crippen molar-refractivity contribution in [2.24, 2.45) is 5.92 Å². The molecule has 0 radical (unpaired) electrons. The van der Waals surface area contributed by atoms with Crippen molar-refractivity contribution in [3.05, 3.63) is 0 Å². The average molecular weight is 243 g/mol. The fourth-order valence-electron chi connectivity index (χ4n) is 1.60. The van der Waals surface area contributed by atoms with Gasteiger partial charge in [-0.3, -0.25) is 4.79 Å². The zero-order chi connectivity index (χ0) is 13.3. The van der Waals surface area contributed by atoms with Crippen LogP contribution < -0.4 is 10.6 Å². The minimum Gasteiger partial charge on any atom is -0.355 e. The summed E-state index contributed by atoms with van der Waals surface area (Å²) in [5, 5.41) is 6.24. The van der Waals surface area contributed by atoms with Crippen LogP contribution in [0.25, 0.3) is 0 Å². The van der Waals surface area contributed by atoms with E-state index >= 15 is 0 Å². The van der Waals surface area contributed by atoms with E-state index in [0.717, 1.165) is 25.9 Å². The number of likely N-dealkylation sites (N-methyl/N-ethyl adjacent to an activating group) is 1. The molecule has 0 aliphatic rings. The van der Waals surface area contributed by atoms with Gasteiger partial charge in [-0.2, -0.15) is 0 Å². The predicted molar refractivity (Wildman–Crippen MR) is 73.1 cm³/mol. The number of hydrogen-bond acceptors (Lipinski definition) is 3. The number of nitrogens with zero attached hydrogens (tertiary/aromatic N) is 1. The summed E-state index contributed by atoms with van der Waals surface area (Å²) in [6.07, 6.45) is 2.17. The van der Waals surface area contributed by atoms with E-state index in [1.807, 2.05) is 0 Å². The maximum absolute atomic E-state index is 11.5. The molecule has 0 aromatic rings. The van der Waals surface area contributed by atoms with E-state index in [4.69, 9.17) is 0 Å². The van der Waals surface area contributed by atoms with Gasteiger partial charge in [0.25, 0.3) is 0 Å². The number of amides is 1. The summed E-state index contributed by atoms with van der Waals surface area (Å²) in [4.78, 5) is 13.7. The Hall–Kier alpha value is -0.610. The summed E-state index contributed by atoms with van der Waals surface area (Å²) in [6, 6.07) is 0.363. The summed E-state index contributed by atoms with van der Waals surface area (Å²) in [5.74, 6) is 0.628. The number of nitrogens with one attached hydrogen (secondary N) is 2. The van der Waals surface area contributed by atoms with E-state index in [9.17, 15) is 4.79 Å². The molecule has 1 unspecified atom stereocenters. The lowest BCUT2D eigenvalue weighted by atomic mass is 10.0. The van der Waals surface area contributed by atoms with Gasteiger partial charge in [-0.15, -0.1) is 0 Å². The molecule has 2 N–H and O–H groups in total. The van der Waals surface area contributed by atoms with Crippen LogP contribution in [0.3, 0.4) is 0 Å². The third-order valence-corrected chi connectivity index (χ3v) is 2.74. The van der Waals surface area contributed by atoms with Gasteiger partial charge in [0, 0.05) is 19.1 Å². The van der Waals surface area contributed by atoms with Crippen LogP contribution in [-0.4, -0.2) is 50.6 Å². The summed E-state index contributed by atoms with van der Waals surface area (Å²) in [7, 11) is 4.11. The highest BCUT2D eigenvalue weighted by Gasteiger charge is 2.14. The van der Waals surface area contributed by atoms with E-state index in [1.165, 1.54) is 0 Å². The summed E-state index contributed by atoms with van der Waals surface area (Å²) in [5.41, 5.74) is 0. The molecule has 0 aromatic carbocycles. The molecule has 0 heterocycles. The van der Waals surface area contributed by atoms with Crippen LogP contribution in [0.15, 0.2) is 0 Å². The van der Waals surface area contributed by atoms with Gasteiger partial charge in [0.15, 0.2) is 0 Å². The fraction of sp³-hybridized carbons (Fsp3) is 0.923. The van der Waals surface area contributed by atoms with Crippen LogP contribution >= 0.6 is 0 Å². The second-order valence-corrected chi connectivity index (χ2v) is 5.20. The topological polar surface area (TPSA) is 44.4 Å². The van der Waals surface area contributed by atoms with Crippen LogP contribution in [0.2, 0.25) is 0 Å². The highest BCUT2D eigenvalue weighted by Crippen LogP contribution is 2.01. The number of carbonyl (C=O) groups excluding carboxylic acids is 1. The van der Waals surface area contributed by atoms with Crippen LogP contribution in [-0.2, 0) is 4.79 Å². The Bertz CT molecular complexity index is 205. The maximum atomic E-state index is 11.5. The van der Waals surface area contributed by atoms with Crippen LogP contribution in [0.1, 0.15) is 33.6 Å². The number of hydrogen-bond donors (Lipinski definition) is 2. The lowest BCUT2D eigenvalue weighted by Crippen LogP contribution is -2.46. The molecule has 0 saturated carbocycles. The van der Waals surface area contributed by atoms with Gasteiger partial charge in [0.05, 0.1) is 6.54 Å². The summed E-state index contributed by atoms with van der Waals surface area (Å²) in [6.45, 7) is 8.64. The SMILES string of the molecule is CCCCNC(=O)CNC(CN(C)C)C(C)C. The van der Waals surface area contributed by atoms with Crippen molar-refractivity contribution in [1.82, 2.24) is 15.5 Å². The average Bonchev–Trinajstić information content (AvgIpc) is 2.23. The normalized spacial score (nSPS) is 13.1. The van der Waals surface area contributed by atoms with Gasteiger partial charge in [0.2, 0.25) is 5.91 Å². The third-order valence-electron chi connectivity index (χ3n) is 2.74. The molecule has 1 atom stereocenters. The highest BCUT2D eigenvalue weighted by atomic mass is 16.1. The molecule has 0 aliphatic carbocycles. The Morgan fingerprint density at radius 3 is 2.41 bits per heavy atom. The minimum absolute atomic E-state index is 0.0999. The van der Waals surface area contributed by atoms with E-state index in [2.05, 4.69) is 50.4 Å². The van der Waals surface area contributed by atoms with E-state index in [1.54, 1.807) is 0 Å². The Morgan fingerprint density at radius 1 is 1.29 bits per heavy atom. The standard InChI is InChI=1S/C13H29N3O/c1-6-7-8-14-13(17)9-15-12(11(2)3)10-16(4)5/h11-12,15H,6-10H2,1-5H3,(H,14,17). The first-order chi connectivity index (χ1) is 7.97. The van der Waals surface area contributed by atoms with Crippen molar-refractivity contribution in [2.75, 3.05) is 33.7 Å². The third kappa shape index (κ3) is 9.12. The van der Waals surface area contributed by atoms with Crippen molar-refractivity contribution in [3.63, 3.8) is 0 Å². The lowest BCUT2D eigenvalue weighted by Gasteiger charge is -2.25. The smallest absolute Gasteiger partial charge is 0.233 e. The van der Waals surface area contributed by atoms with Gasteiger partial charge >= 0.3 is 0 Å². The molecule has 0 spiro atoms. The number of carbonyl (C=O) groups is 1. The first-order valence-electron chi connectivity index (χ1n) is 6.62. The molecule has 0 rings (SSSR count). The van der Waals surface area contributed by atoms with E-state index < -0.39 is 0 Å². The second-order valence-electron chi connectivity index (χ2n) is 5.20. The fourth-order valence-corrected chi connectivity index (χ4v) is 1.60. The summed E-state index contributed by atoms with van der Waals surface area (Å²) < 4.78 is 0. The van der Waals surface area contributed by atoms with Crippen molar-refractivity contribution in [1.29, 1.82) is 0 Å². The predicted octanol–water partition coefficient (Wildman–Crippen LogP) is 1.08. The first-order valence-corrected chi connectivity index (χ1v) is 6.62. The van der Waals surface area contributed by atoms with Gasteiger partial charge < -0.3 is 15.5 Å². The maximum Gasteiger partial charge on any atom is 0.233 e. The molecular formula is C13H29N3O. The molecular weight excluding hydrogens is 214 g/mol. The molecule has 102 valence electrons. The van der Waals surface area contributed by atoms with Crippen molar-refractivity contribution >= 4 is 5.91 Å². The van der Waals surface area contributed by atoms with E-state index in [0.29, 0.717) is 18.5 Å². The van der Waals surface area contributed by atoms with Gasteiger partial charge in [-0.1, -0.05) is 27.2 Å². The Labute approximate surface area is 106 Å². The Kier molecular flexibility index (Phi) is 9.09. The Balaban J connectivity index is 3.83. The van der Waals surface area contributed by atoms with Crippen molar-refractivity contribution in [2.45, 2.75) is 39.7 Å². The molecule has 1 amide bonds. The molecule has 0 saturated heterocycles. The molecule has 4 nitrogen and oxygen atoms in total. The number of rotatable bonds is 9. The van der Waals surface area contributed by atoms with Gasteiger partial charge in [-0.05, 0) is 26.4 Å². The first kappa shape index (κ1) is 16.4. The van der Waals surface area contributed by atoms with Crippen molar-refractivity contribution in [3.8, 4) is 0 Å². The molecule has 4 heteroatoms. The zero-order valence-electron chi connectivity index (χ0n) is 12.0.